The molecule has 2 aromatic rings. The second-order valence-electron chi connectivity index (χ2n) is 3.78. The predicted octanol–water partition coefficient (Wildman–Crippen LogP) is 3.74. The molecule has 104 valence electrons. The Hall–Kier alpha value is -0.110. The molecule has 0 aromatic carbocycles. The van der Waals surface area contributed by atoms with Gasteiger partial charge in [-0.15, -0.1) is 11.3 Å². The third-order valence-corrected chi connectivity index (χ3v) is 4.71. The van der Waals surface area contributed by atoms with E-state index in [4.69, 9.17) is 27.9 Å². The Morgan fingerprint density at radius 1 is 1.58 bits per heavy atom. The maximum absolute atomic E-state index is 10.5. The highest BCUT2D eigenvalue weighted by Gasteiger charge is 2.23. The van der Waals surface area contributed by atoms with Crippen molar-refractivity contribution in [3.63, 3.8) is 0 Å². The quantitative estimate of drug-likeness (QED) is 0.852. The summed E-state index contributed by atoms with van der Waals surface area (Å²) in [5, 5.41) is 14.7. The average Bonchev–Trinajstić information content (AvgIpc) is 2.89. The van der Waals surface area contributed by atoms with E-state index < -0.39 is 6.10 Å². The third-order valence-electron chi connectivity index (χ3n) is 2.58. The molecule has 1 unspecified atom stereocenters. The van der Waals surface area contributed by atoms with E-state index in [-0.39, 0.29) is 0 Å². The standard InChI is InChI=1S/C11H11BrCl2N2O2S/c1-18-3-2-16-9(7(12)5-15-16)10(17)6-4-8(13)19-11(6)14/h4-5,10,17H,2-3H2,1H3. The van der Waals surface area contributed by atoms with Gasteiger partial charge in [-0.3, -0.25) is 4.68 Å². The van der Waals surface area contributed by atoms with Gasteiger partial charge in [-0.05, 0) is 22.0 Å². The molecule has 0 aliphatic carbocycles. The van der Waals surface area contributed by atoms with Crippen molar-refractivity contribution in [1.82, 2.24) is 9.78 Å². The van der Waals surface area contributed by atoms with Crippen LogP contribution in [0.1, 0.15) is 17.4 Å². The second kappa shape index (κ2) is 6.56. The third kappa shape index (κ3) is 3.32. The number of hydrogen-bond donors (Lipinski definition) is 1. The number of aliphatic hydroxyl groups is 1. The SMILES string of the molecule is COCCn1ncc(Br)c1C(O)c1cc(Cl)sc1Cl. The molecule has 2 heterocycles. The first-order valence-electron chi connectivity index (χ1n) is 5.37. The van der Waals surface area contributed by atoms with Gasteiger partial charge < -0.3 is 9.84 Å². The normalized spacial score (nSPS) is 12.9. The van der Waals surface area contributed by atoms with Gasteiger partial charge >= 0.3 is 0 Å². The van der Waals surface area contributed by atoms with Crippen LogP contribution in [0.5, 0.6) is 0 Å². The lowest BCUT2D eigenvalue weighted by Gasteiger charge is -2.13. The van der Waals surface area contributed by atoms with Gasteiger partial charge in [0.25, 0.3) is 0 Å². The highest BCUT2D eigenvalue weighted by atomic mass is 79.9. The van der Waals surface area contributed by atoms with Gasteiger partial charge in [0.15, 0.2) is 0 Å². The Bertz CT molecular complexity index is 573. The molecular formula is C11H11BrCl2N2O2S. The summed E-state index contributed by atoms with van der Waals surface area (Å²) in [4.78, 5) is 0. The fraction of sp³-hybridized carbons (Fsp3) is 0.364. The predicted molar refractivity (Wildman–Crippen MR) is 80.2 cm³/mol. The Balaban J connectivity index is 2.35. The van der Waals surface area contributed by atoms with Crippen molar-refractivity contribution >= 4 is 50.5 Å². The van der Waals surface area contributed by atoms with Crippen LogP contribution in [0.3, 0.4) is 0 Å². The van der Waals surface area contributed by atoms with E-state index in [1.165, 1.54) is 11.3 Å². The molecule has 19 heavy (non-hydrogen) atoms. The number of aromatic nitrogens is 2. The number of nitrogens with zero attached hydrogens (tertiary/aromatic N) is 2. The molecule has 2 aromatic heterocycles. The molecule has 1 N–H and O–H groups in total. The molecule has 0 fully saturated rings. The minimum Gasteiger partial charge on any atom is -0.383 e. The Morgan fingerprint density at radius 2 is 2.32 bits per heavy atom. The summed E-state index contributed by atoms with van der Waals surface area (Å²) in [5.41, 5.74) is 1.21. The highest BCUT2D eigenvalue weighted by molar-refractivity contribution is 9.10. The Morgan fingerprint density at radius 3 is 2.89 bits per heavy atom. The molecule has 0 saturated carbocycles. The first kappa shape index (κ1) is 15.3. The maximum Gasteiger partial charge on any atom is 0.124 e. The molecule has 4 nitrogen and oxygen atoms in total. The van der Waals surface area contributed by atoms with Gasteiger partial charge in [-0.25, -0.2) is 0 Å². The van der Waals surface area contributed by atoms with Gasteiger partial charge in [0, 0.05) is 12.7 Å². The first-order chi connectivity index (χ1) is 9.04. The van der Waals surface area contributed by atoms with E-state index in [2.05, 4.69) is 21.0 Å². The number of aliphatic hydroxyl groups excluding tert-OH is 1. The lowest BCUT2D eigenvalue weighted by atomic mass is 10.1. The largest absolute Gasteiger partial charge is 0.383 e. The number of thiophene rings is 1. The number of rotatable bonds is 5. The van der Waals surface area contributed by atoms with Crippen LogP contribution in [0.4, 0.5) is 0 Å². The molecule has 0 spiro atoms. The zero-order chi connectivity index (χ0) is 14.0. The zero-order valence-electron chi connectivity index (χ0n) is 9.94. The summed E-state index contributed by atoms with van der Waals surface area (Å²) in [5.74, 6) is 0. The molecule has 0 bridgehead atoms. The van der Waals surface area contributed by atoms with Crippen molar-refractivity contribution in [2.75, 3.05) is 13.7 Å². The van der Waals surface area contributed by atoms with Crippen LogP contribution in [-0.4, -0.2) is 28.6 Å². The number of ether oxygens (including phenoxy) is 1. The van der Waals surface area contributed by atoms with E-state index in [9.17, 15) is 5.11 Å². The summed E-state index contributed by atoms with van der Waals surface area (Å²) >= 11 is 16.6. The van der Waals surface area contributed by atoms with E-state index in [1.807, 2.05) is 0 Å². The fourth-order valence-corrected chi connectivity index (χ4v) is 3.72. The van der Waals surface area contributed by atoms with Crippen LogP contribution in [-0.2, 0) is 11.3 Å². The average molecular weight is 386 g/mol. The van der Waals surface area contributed by atoms with E-state index in [0.29, 0.717) is 33.1 Å². The summed E-state index contributed by atoms with van der Waals surface area (Å²) in [7, 11) is 1.62. The Kier molecular flexibility index (Phi) is 5.28. The second-order valence-corrected chi connectivity index (χ2v) is 6.92. The summed E-state index contributed by atoms with van der Waals surface area (Å²) in [6.45, 7) is 1.05. The van der Waals surface area contributed by atoms with E-state index in [1.54, 1.807) is 24.1 Å². The van der Waals surface area contributed by atoms with E-state index in [0.717, 1.165) is 4.47 Å². The van der Waals surface area contributed by atoms with Crippen LogP contribution in [0.15, 0.2) is 16.7 Å². The Labute approximate surface area is 133 Å². The molecule has 0 aliphatic rings. The molecule has 0 aliphatic heterocycles. The van der Waals surface area contributed by atoms with Gasteiger partial charge in [0.05, 0.1) is 33.9 Å². The lowest BCUT2D eigenvalue weighted by Crippen LogP contribution is -2.13. The molecule has 0 saturated heterocycles. The van der Waals surface area contributed by atoms with Crippen LogP contribution in [0.25, 0.3) is 0 Å². The molecule has 1 atom stereocenters. The van der Waals surface area contributed by atoms with Crippen molar-refractivity contribution in [3.8, 4) is 0 Å². The monoisotopic (exact) mass is 384 g/mol. The smallest absolute Gasteiger partial charge is 0.124 e. The van der Waals surface area contributed by atoms with Crippen molar-refractivity contribution < 1.29 is 9.84 Å². The molecular weight excluding hydrogens is 375 g/mol. The zero-order valence-corrected chi connectivity index (χ0v) is 13.9. The molecule has 0 radical (unpaired) electrons. The van der Waals surface area contributed by atoms with Crippen LogP contribution < -0.4 is 0 Å². The summed E-state index contributed by atoms with van der Waals surface area (Å²) in [6.07, 6.45) is 0.751. The van der Waals surface area contributed by atoms with E-state index >= 15 is 0 Å². The van der Waals surface area contributed by atoms with Gasteiger partial charge in [-0.1, -0.05) is 23.2 Å². The van der Waals surface area contributed by atoms with Crippen molar-refractivity contribution in [3.05, 3.63) is 36.7 Å². The number of methoxy groups -OCH3 is 1. The minimum absolute atomic E-state index is 0.476. The van der Waals surface area contributed by atoms with Gasteiger partial charge in [-0.2, -0.15) is 5.10 Å². The van der Waals surface area contributed by atoms with Crippen molar-refractivity contribution in [2.45, 2.75) is 12.6 Å². The minimum atomic E-state index is -0.884. The molecule has 8 heteroatoms. The van der Waals surface area contributed by atoms with Gasteiger partial charge in [0.1, 0.15) is 10.4 Å². The van der Waals surface area contributed by atoms with Crippen LogP contribution in [0.2, 0.25) is 8.67 Å². The van der Waals surface area contributed by atoms with Crippen LogP contribution in [0, 0.1) is 0 Å². The number of halogens is 3. The topological polar surface area (TPSA) is 47.3 Å². The summed E-state index contributed by atoms with van der Waals surface area (Å²) in [6, 6.07) is 1.67. The van der Waals surface area contributed by atoms with Crippen molar-refractivity contribution in [2.24, 2.45) is 0 Å². The fourth-order valence-electron chi connectivity index (χ4n) is 1.69. The molecule has 0 amide bonds. The first-order valence-corrected chi connectivity index (χ1v) is 7.74. The van der Waals surface area contributed by atoms with Crippen molar-refractivity contribution in [1.29, 1.82) is 0 Å². The highest BCUT2D eigenvalue weighted by Crippen LogP contribution is 2.39. The molecule has 2 rings (SSSR count). The maximum atomic E-state index is 10.5. The van der Waals surface area contributed by atoms with Gasteiger partial charge in [0.2, 0.25) is 0 Å². The summed E-state index contributed by atoms with van der Waals surface area (Å²) < 4.78 is 8.43. The number of hydrogen-bond acceptors (Lipinski definition) is 4. The lowest BCUT2D eigenvalue weighted by molar-refractivity contribution is 0.171. The van der Waals surface area contributed by atoms with Crippen LogP contribution >= 0.6 is 50.5 Å².